The van der Waals surface area contributed by atoms with E-state index in [4.69, 9.17) is 0 Å². The lowest BCUT2D eigenvalue weighted by molar-refractivity contribution is 0.0592. The number of nitrogens with zero attached hydrogens (tertiary/aromatic N) is 4. The average molecular weight is 246 g/mol. The smallest absolute Gasteiger partial charge is 0.360 e. The van der Waals surface area contributed by atoms with E-state index in [9.17, 15) is 4.79 Å². The molecule has 0 saturated carbocycles. The van der Waals surface area contributed by atoms with Crippen LogP contribution < -0.4 is 0 Å². The van der Waals surface area contributed by atoms with Crippen LogP contribution in [0, 0.1) is 0 Å². The van der Waals surface area contributed by atoms with Gasteiger partial charge in [-0.25, -0.2) is 9.48 Å². The minimum atomic E-state index is -0.454. The zero-order valence-corrected chi connectivity index (χ0v) is 10.3. The number of hydrogen-bond acceptors (Lipinski definition) is 5. The first-order chi connectivity index (χ1) is 8.76. The first kappa shape index (κ1) is 12.2. The third kappa shape index (κ3) is 2.37. The van der Waals surface area contributed by atoms with E-state index in [0.717, 1.165) is 11.3 Å². The van der Waals surface area contributed by atoms with Crippen molar-refractivity contribution in [3.63, 3.8) is 0 Å². The number of pyridine rings is 1. The van der Waals surface area contributed by atoms with Gasteiger partial charge in [0.2, 0.25) is 0 Å². The topological polar surface area (TPSA) is 69.9 Å². The maximum atomic E-state index is 11.5. The molecule has 94 valence electrons. The van der Waals surface area contributed by atoms with Crippen molar-refractivity contribution in [3.05, 3.63) is 41.5 Å². The van der Waals surface area contributed by atoms with E-state index in [0.29, 0.717) is 13.0 Å². The van der Waals surface area contributed by atoms with Crippen LogP contribution in [0.25, 0.3) is 0 Å². The fourth-order valence-corrected chi connectivity index (χ4v) is 1.73. The van der Waals surface area contributed by atoms with Crippen molar-refractivity contribution in [2.45, 2.75) is 19.9 Å². The number of carbonyl (C=O) groups excluding carboxylic acids is 1. The number of esters is 1. The van der Waals surface area contributed by atoms with E-state index < -0.39 is 5.97 Å². The Hall–Kier alpha value is -2.24. The Bertz CT molecular complexity index is 536. The average Bonchev–Trinajstić information content (AvgIpc) is 2.81. The van der Waals surface area contributed by atoms with E-state index in [2.05, 4.69) is 20.0 Å². The van der Waals surface area contributed by atoms with Crippen molar-refractivity contribution in [1.29, 1.82) is 0 Å². The van der Waals surface area contributed by atoms with Crippen LogP contribution >= 0.6 is 0 Å². The number of aromatic nitrogens is 4. The maximum absolute atomic E-state index is 11.5. The Labute approximate surface area is 105 Å². The van der Waals surface area contributed by atoms with Crippen molar-refractivity contribution < 1.29 is 9.53 Å². The Morgan fingerprint density at radius 2 is 2.33 bits per heavy atom. The van der Waals surface area contributed by atoms with Gasteiger partial charge in [-0.15, -0.1) is 5.10 Å². The zero-order valence-electron chi connectivity index (χ0n) is 10.3. The van der Waals surface area contributed by atoms with Crippen molar-refractivity contribution in [2.24, 2.45) is 0 Å². The van der Waals surface area contributed by atoms with Gasteiger partial charge in [-0.1, -0.05) is 18.2 Å². The van der Waals surface area contributed by atoms with E-state index in [-0.39, 0.29) is 5.69 Å². The number of methoxy groups -OCH3 is 1. The van der Waals surface area contributed by atoms with Gasteiger partial charge in [-0.05, 0) is 18.1 Å². The van der Waals surface area contributed by atoms with E-state index in [1.54, 1.807) is 17.1 Å². The van der Waals surface area contributed by atoms with Crippen LogP contribution in [-0.2, 0) is 17.7 Å². The molecule has 0 saturated heterocycles. The lowest BCUT2D eigenvalue weighted by Crippen LogP contribution is -2.09. The molecule has 2 aromatic rings. The molecule has 0 aromatic carbocycles. The molecule has 0 fully saturated rings. The predicted octanol–water partition coefficient (Wildman–Crippen LogP) is 1.07. The normalized spacial score (nSPS) is 10.3. The third-order valence-corrected chi connectivity index (χ3v) is 2.61. The van der Waals surface area contributed by atoms with E-state index >= 15 is 0 Å². The lowest BCUT2D eigenvalue weighted by Gasteiger charge is -2.05. The molecular weight excluding hydrogens is 232 g/mol. The highest BCUT2D eigenvalue weighted by atomic mass is 16.5. The van der Waals surface area contributed by atoms with E-state index in [1.165, 1.54) is 7.11 Å². The van der Waals surface area contributed by atoms with Crippen molar-refractivity contribution >= 4 is 5.97 Å². The number of hydrogen-bond donors (Lipinski definition) is 0. The van der Waals surface area contributed by atoms with Gasteiger partial charge in [0.1, 0.15) is 0 Å². The molecule has 0 amide bonds. The summed E-state index contributed by atoms with van der Waals surface area (Å²) in [6.45, 7) is 2.49. The molecule has 2 heterocycles. The van der Waals surface area contributed by atoms with Gasteiger partial charge >= 0.3 is 5.97 Å². The fraction of sp³-hybridized carbons (Fsp3) is 0.333. The third-order valence-electron chi connectivity index (χ3n) is 2.61. The summed E-state index contributed by atoms with van der Waals surface area (Å²) < 4.78 is 6.37. The molecule has 0 aliphatic carbocycles. The van der Waals surface area contributed by atoms with Gasteiger partial charge in [0.25, 0.3) is 0 Å². The van der Waals surface area contributed by atoms with Gasteiger partial charge in [-0.2, -0.15) is 0 Å². The van der Waals surface area contributed by atoms with Crippen LogP contribution in [0.3, 0.4) is 0 Å². The minimum absolute atomic E-state index is 0.281. The van der Waals surface area contributed by atoms with Crippen LogP contribution in [0.15, 0.2) is 24.5 Å². The molecule has 0 N–H and O–H groups in total. The van der Waals surface area contributed by atoms with Gasteiger partial charge in [0, 0.05) is 12.4 Å². The van der Waals surface area contributed by atoms with Crippen LogP contribution in [0.5, 0.6) is 0 Å². The molecule has 0 aliphatic rings. The number of ether oxygens (including phenoxy) is 1. The summed E-state index contributed by atoms with van der Waals surface area (Å²) >= 11 is 0. The molecule has 2 aromatic heterocycles. The molecule has 0 atom stereocenters. The molecule has 2 rings (SSSR count). The quantitative estimate of drug-likeness (QED) is 0.755. The minimum Gasteiger partial charge on any atom is -0.464 e. The second-order valence-corrected chi connectivity index (χ2v) is 3.75. The standard InChI is InChI=1S/C12H14N4O2/c1-3-10-11(12(17)18-2)14-15-16(10)8-9-5-4-6-13-7-9/h4-7H,3,8H2,1-2H3. The second-order valence-electron chi connectivity index (χ2n) is 3.75. The molecule has 0 aliphatic heterocycles. The number of rotatable bonds is 4. The Morgan fingerprint density at radius 1 is 1.50 bits per heavy atom. The van der Waals surface area contributed by atoms with Crippen molar-refractivity contribution in [2.75, 3.05) is 7.11 Å². The first-order valence-corrected chi connectivity index (χ1v) is 5.65. The van der Waals surface area contributed by atoms with Crippen LogP contribution in [0.1, 0.15) is 28.7 Å². The highest BCUT2D eigenvalue weighted by Crippen LogP contribution is 2.10. The molecule has 0 unspecified atom stereocenters. The summed E-state index contributed by atoms with van der Waals surface area (Å²) in [6.07, 6.45) is 4.14. The highest BCUT2D eigenvalue weighted by molar-refractivity contribution is 5.88. The zero-order chi connectivity index (χ0) is 13.0. The summed E-state index contributed by atoms with van der Waals surface area (Å²) in [6, 6.07) is 3.81. The van der Waals surface area contributed by atoms with Gasteiger partial charge in [0.15, 0.2) is 5.69 Å². The van der Waals surface area contributed by atoms with Crippen molar-refractivity contribution in [3.8, 4) is 0 Å². The monoisotopic (exact) mass is 246 g/mol. The molecule has 18 heavy (non-hydrogen) atoms. The Kier molecular flexibility index (Phi) is 3.66. The summed E-state index contributed by atoms with van der Waals surface area (Å²) in [7, 11) is 1.34. The fourth-order valence-electron chi connectivity index (χ4n) is 1.73. The van der Waals surface area contributed by atoms with Crippen LogP contribution in [-0.4, -0.2) is 33.1 Å². The molecule has 6 nitrogen and oxygen atoms in total. The summed E-state index contributed by atoms with van der Waals surface area (Å²) in [5, 5.41) is 7.86. The lowest BCUT2D eigenvalue weighted by atomic mass is 10.2. The Morgan fingerprint density at radius 3 is 2.94 bits per heavy atom. The number of carbonyl (C=O) groups is 1. The predicted molar refractivity (Wildman–Crippen MR) is 64.1 cm³/mol. The molecule has 0 radical (unpaired) electrons. The largest absolute Gasteiger partial charge is 0.464 e. The summed E-state index contributed by atoms with van der Waals surface area (Å²) in [5.41, 5.74) is 2.06. The molecule has 0 spiro atoms. The van der Waals surface area contributed by atoms with Gasteiger partial charge in [-0.3, -0.25) is 4.98 Å². The SMILES string of the molecule is CCc1c(C(=O)OC)nnn1Cc1cccnc1. The molecular formula is C12H14N4O2. The van der Waals surface area contributed by atoms with E-state index in [1.807, 2.05) is 19.1 Å². The molecule has 0 bridgehead atoms. The Balaban J connectivity index is 2.29. The second kappa shape index (κ2) is 5.39. The van der Waals surface area contributed by atoms with Crippen LogP contribution in [0.4, 0.5) is 0 Å². The van der Waals surface area contributed by atoms with Crippen LogP contribution in [0.2, 0.25) is 0 Å². The first-order valence-electron chi connectivity index (χ1n) is 5.65. The highest BCUT2D eigenvalue weighted by Gasteiger charge is 2.18. The summed E-state index contributed by atoms with van der Waals surface area (Å²) in [4.78, 5) is 15.5. The maximum Gasteiger partial charge on any atom is 0.360 e. The van der Waals surface area contributed by atoms with Gasteiger partial charge in [0.05, 0.1) is 19.3 Å². The van der Waals surface area contributed by atoms with Crippen molar-refractivity contribution in [1.82, 2.24) is 20.0 Å². The summed E-state index contributed by atoms with van der Waals surface area (Å²) in [5.74, 6) is -0.454. The molecule has 6 heteroatoms. The van der Waals surface area contributed by atoms with Gasteiger partial charge < -0.3 is 4.74 Å².